The van der Waals surface area contributed by atoms with Gasteiger partial charge < -0.3 is 8.83 Å². The monoisotopic (exact) mass is 310 g/mol. The molecular formula is C22H14O2. The fourth-order valence-corrected chi connectivity index (χ4v) is 3.47. The molecule has 0 aliphatic rings. The molecule has 2 nitrogen and oxygen atoms in total. The van der Waals surface area contributed by atoms with Crippen LogP contribution in [0, 0.1) is 0 Å². The summed E-state index contributed by atoms with van der Waals surface area (Å²) < 4.78 is 12.0. The molecule has 0 radical (unpaired) electrons. The van der Waals surface area contributed by atoms with Crippen LogP contribution in [0.2, 0.25) is 0 Å². The topological polar surface area (TPSA) is 26.3 Å². The summed E-state index contributed by atoms with van der Waals surface area (Å²) in [5.41, 5.74) is 3.30. The Labute approximate surface area is 137 Å². The highest BCUT2D eigenvalue weighted by Crippen LogP contribution is 2.34. The first-order valence-corrected chi connectivity index (χ1v) is 7.84. The largest absolute Gasteiger partial charge is 0.457 e. The predicted molar refractivity (Wildman–Crippen MR) is 100 cm³/mol. The minimum Gasteiger partial charge on any atom is -0.457 e. The molecule has 5 rings (SSSR count). The van der Waals surface area contributed by atoms with E-state index < -0.39 is 0 Å². The van der Waals surface area contributed by atoms with Crippen LogP contribution in [0.4, 0.5) is 0 Å². The average Bonchev–Trinajstić information content (AvgIpc) is 3.11. The van der Waals surface area contributed by atoms with Crippen molar-refractivity contribution in [3.8, 4) is 0 Å². The fraction of sp³-hybridized carbons (Fsp3) is 0. The standard InChI is InChI=1S/C22H14O2/c1-3-6-15-13(2)23-21-11-14-9-10-17-16-7-4-5-8-20(16)24-22(17)18(14)12-19(15)21/h3-12H,1-2H2/b15-6+. The maximum atomic E-state index is 6.14. The normalized spacial score (nSPS) is 12.8. The van der Waals surface area contributed by atoms with Crippen molar-refractivity contribution in [1.82, 2.24) is 0 Å². The number of hydrogen-bond donors (Lipinski definition) is 0. The van der Waals surface area contributed by atoms with E-state index in [0.717, 1.165) is 48.9 Å². The smallest absolute Gasteiger partial charge is 0.143 e. The van der Waals surface area contributed by atoms with Crippen molar-refractivity contribution in [1.29, 1.82) is 0 Å². The second kappa shape index (κ2) is 4.62. The van der Waals surface area contributed by atoms with Crippen molar-refractivity contribution in [2.45, 2.75) is 0 Å². The van der Waals surface area contributed by atoms with Crippen molar-refractivity contribution in [2.75, 3.05) is 0 Å². The average molecular weight is 310 g/mol. The number of allylic oxidation sites excluding steroid dienone is 1. The molecule has 0 amide bonds. The van der Waals surface area contributed by atoms with E-state index in [1.54, 1.807) is 6.08 Å². The van der Waals surface area contributed by atoms with Crippen LogP contribution in [0.5, 0.6) is 0 Å². The molecule has 114 valence electrons. The molecular weight excluding hydrogens is 296 g/mol. The summed E-state index contributed by atoms with van der Waals surface area (Å²) in [7, 11) is 0. The minimum atomic E-state index is 0.654. The number of hydrogen-bond acceptors (Lipinski definition) is 2. The molecule has 3 aromatic carbocycles. The maximum absolute atomic E-state index is 6.14. The Hall–Kier alpha value is -3.26. The summed E-state index contributed by atoms with van der Waals surface area (Å²) in [6.45, 7) is 7.78. The van der Waals surface area contributed by atoms with Gasteiger partial charge in [-0.1, -0.05) is 49.6 Å². The lowest BCUT2D eigenvalue weighted by molar-refractivity contribution is 0.578. The highest BCUT2D eigenvalue weighted by molar-refractivity contribution is 6.16. The SMILES string of the molecule is C=C/C=c1\c(=C)oc2cc3ccc4c5ccccc5oc4c3cc12. The number of fused-ring (bicyclic) bond motifs is 6. The summed E-state index contributed by atoms with van der Waals surface area (Å²) in [5.74, 6) is 0. The molecule has 0 unspecified atom stereocenters. The minimum absolute atomic E-state index is 0.654. The molecule has 0 spiro atoms. The number of para-hydroxylation sites is 1. The van der Waals surface area contributed by atoms with Gasteiger partial charge in [-0.2, -0.15) is 0 Å². The zero-order valence-corrected chi connectivity index (χ0v) is 13.0. The molecule has 2 heterocycles. The Morgan fingerprint density at radius 1 is 0.792 bits per heavy atom. The van der Waals surface area contributed by atoms with Gasteiger partial charge in [-0.15, -0.1) is 0 Å². The highest BCUT2D eigenvalue weighted by atomic mass is 16.3. The molecule has 2 heteroatoms. The summed E-state index contributed by atoms with van der Waals surface area (Å²) in [5, 5.41) is 6.43. The summed E-state index contributed by atoms with van der Waals surface area (Å²) in [6.07, 6.45) is 3.68. The van der Waals surface area contributed by atoms with Crippen LogP contribution in [0.3, 0.4) is 0 Å². The van der Waals surface area contributed by atoms with Crippen LogP contribution in [0.25, 0.3) is 56.3 Å². The third-order valence-electron chi connectivity index (χ3n) is 4.57. The zero-order chi connectivity index (χ0) is 16.3. The molecule has 0 N–H and O–H groups in total. The predicted octanol–water partition coefficient (Wildman–Crippen LogP) is 4.86. The molecule has 0 aliphatic carbocycles. The fourth-order valence-electron chi connectivity index (χ4n) is 3.47. The van der Waals surface area contributed by atoms with Crippen molar-refractivity contribution in [3.05, 3.63) is 71.8 Å². The van der Waals surface area contributed by atoms with Crippen LogP contribution < -0.4 is 10.6 Å². The van der Waals surface area contributed by atoms with Crippen molar-refractivity contribution < 1.29 is 8.83 Å². The molecule has 2 aromatic heterocycles. The summed E-state index contributed by atoms with van der Waals surface area (Å²) in [4.78, 5) is 0. The van der Waals surface area contributed by atoms with E-state index in [4.69, 9.17) is 8.83 Å². The van der Waals surface area contributed by atoms with Gasteiger partial charge in [-0.25, -0.2) is 0 Å². The maximum Gasteiger partial charge on any atom is 0.143 e. The lowest BCUT2D eigenvalue weighted by atomic mass is 10.0. The van der Waals surface area contributed by atoms with E-state index in [-0.39, 0.29) is 0 Å². The first-order chi connectivity index (χ1) is 11.8. The van der Waals surface area contributed by atoms with E-state index in [1.807, 2.05) is 30.3 Å². The third kappa shape index (κ3) is 1.65. The second-order valence-electron chi connectivity index (χ2n) is 5.95. The Bertz CT molecular complexity index is 1380. The molecule has 0 atom stereocenters. The Morgan fingerprint density at radius 2 is 1.67 bits per heavy atom. The second-order valence-corrected chi connectivity index (χ2v) is 5.95. The molecule has 5 aromatic rings. The van der Waals surface area contributed by atoms with Gasteiger partial charge in [0.05, 0.1) is 0 Å². The third-order valence-corrected chi connectivity index (χ3v) is 4.57. The van der Waals surface area contributed by atoms with Crippen LogP contribution in [0.1, 0.15) is 0 Å². The molecule has 0 aliphatic heterocycles. The van der Waals surface area contributed by atoms with Gasteiger partial charge in [0.2, 0.25) is 0 Å². The molecule has 24 heavy (non-hydrogen) atoms. The molecule has 0 fully saturated rings. The van der Waals surface area contributed by atoms with Gasteiger partial charge in [0.25, 0.3) is 0 Å². The van der Waals surface area contributed by atoms with E-state index >= 15 is 0 Å². The van der Waals surface area contributed by atoms with Crippen LogP contribution in [0.15, 0.2) is 70.0 Å². The van der Waals surface area contributed by atoms with Crippen LogP contribution in [-0.4, -0.2) is 0 Å². The van der Waals surface area contributed by atoms with Crippen molar-refractivity contribution in [2.24, 2.45) is 0 Å². The van der Waals surface area contributed by atoms with Crippen LogP contribution >= 0.6 is 0 Å². The highest BCUT2D eigenvalue weighted by Gasteiger charge is 2.12. The van der Waals surface area contributed by atoms with E-state index in [0.29, 0.717) is 5.42 Å². The lowest BCUT2D eigenvalue weighted by Crippen LogP contribution is -2.17. The summed E-state index contributed by atoms with van der Waals surface area (Å²) in [6, 6.07) is 16.5. The number of furan rings is 2. The first-order valence-electron chi connectivity index (χ1n) is 7.84. The Morgan fingerprint density at radius 3 is 2.54 bits per heavy atom. The Kier molecular flexibility index (Phi) is 2.54. The van der Waals surface area contributed by atoms with Crippen molar-refractivity contribution >= 4 is 56.3 Å². The van der Waals surface area contributed by atoms with Gasteiger partial charge in [0.15, 0.2) is 0 Å². The Balaban J connectivity index is 2.04. The number of rotatable bonds is 1. The van der Waals surface area contributed by atoms with Gasteiger partial charge in [-0.05, 0) is 29.7 Å². The van der Waals surface area contributed by atoms with Gasteiger partial charge in [-0.3, -0.25) is 0 Å². The molecule has 0 saturated carbocycles. The van der Waals surface area contributed by atoms with Gasteiger partial charge in [0, 0.05) is 26.8 Å². The summed E-state index contributed by atoms with van der Waals surface area (Å²) >= 11 is 0. The van der Waals surface area contributed by atoms with Crippen molar-refractivity contribution in [3.63, 3.8) is 0 Å². The van der Waals surface area contributed by atoms with Crippen LogP contribution in [-0.2, 0) is 0 Å². The quantitative estimate of drug-likeness (QED) is 0.442. The lowest BCUT2D eigenvalue weighted by Gasteiger charge is -1.99. The molecule has 0 saturated heterocycles. The van der Waals surface area contributed by atoms with E-state index in [2.05, 4.69) is 37.4 Å². The first kappa shape index (κ1) is 13.2. The molecule has 0 bridgehead atoms. The van der Waals surface area contributed by atoms with E-state index in [9.17, 15) is 0 Å². The zero-order valence-electron chi connectivity index (χ0n) is 13.0. The van der Waals surface area contributed by atoms with E-state index in [1.165, 1.54) is 0 Å². The van der Waals surface area contributed by atoms with Gasteiger partial charge in [0.1, 0.15) is 22.2 Å². The number of benzene rings is 3. The van der Waals surface area contributed by atoms with Gasteiger partial charge >= 0.3 is 0 Å².